The summed E-state index contributed by atoms with van der Waals surface area (Å²) in [5.74, 6) is 0.262. The Hall–Kier alpha value is -7.07. The van der Waals surface area contributed by atoms with E-state index in [-0.39, 0.29) is 16.6 Å². The van der Waals surface area contributed by atoms with Crippen molar-refractivity contribution in [2.75, 3.05) is 4.90 Å². The third-order valence-electron chi connectivity index (χ3n) is 12.8. The minimum absolute atomic E-state index is 0.262. The standard InChI is InChI=1S/C57H39NOS/c1-5-15-38(16-6-1)39-25-29-45(30-26-39)58(44-21-11-4-12-22-44)46-31-34-52-49(37-46)47-32-27-41(36-53(47)59-52)40-28-33-51-50(35-40)56-55(48-23-13-14-24-54(48)60-56)57(51,42-17-7-2-8-18-42)43-19-9-3-10-20-43/h1-37,55-56H. The molecule has 2 unspecified atom stereocenters. The molecule has 1 aliphatic heterocycles. The van der Waals surface area contributed by atoms with Crippen LogP contribution in [0.15, 0.2) is 234 Å². The van der Waals surface area contributed by atoms with Gasteiger partial charge in [-0.15, -0.1) is 11.8 Å². The predicted octanol–water partition coefficient (Wildman–Crippen LogP) is 15.7. The van der Waals surface area contributed by atoms with Gasteiger partial charge in [-0.2, -0.15) is 0 Å². The van der Waals surface area contributed by atoms with E-state index in [9.17, 15) is 0 Å². The molecule has 9 aromatic carbocycles. The van der Waals surface area contributed by atoms with Gasteiger partial charge in [-0.05, 0) is 117 Å². The first-order valence-electron chi connectivity index (χ1n) is 20.7. The number of nitrogens with zero attached hydrogens (tertiary/aromatic N) is 1. The summed E-state index contributed by atoms with van der Waals surface area (Å²) in [7, 11) is 0. The number of furan rings is 1. The van der Waals surface area contributed by atoms with Crippen molar-refractivity contribution in [1.29, 1.82) is 0 Å². The summed E-state index contributed by atoms with van der Waals surface area (Å²) in [6, 6.07) is 82.0. The molecule has 1 aliphatic carbocycles. The summed E-state index contributed by atoms with van der Waals surface area (Å²) >= 11 is 2.03. The molecule has 2 heterocycles. The Morgan fingerprint density at radius 1 is 0.400 bits per heavy atom. The van der Waals surface area contributed by atoms with Gasteiger partial charge >= 0.3 is 0 Å². The van der Waals surface area contributed by atoms with Gasteiger partial charge in [0.05, 0.1) is 5.41 Å². The quantitative estimate of drug-likeness (QED) is 0.160. The highest BCUT2D eigenvalue weighted by Crippen LogP contribution is 2.70. The second-order valence-electron chi connectivity index (χ2n) is 16.0. The maximum atomic E-state index is 6.66. The molecule has 2 atom stereocenters. The van der Waals surface area contributed by atoms with Crippen molar-refractivity contribution in [3.63, 3.8) is 0 Å². The first-order chi connectivity index (χ1) is 29.7. The highest BCUT2D eigenvalue weighted by molar-refractivity contribution is 8.00. The SMILES string of the molecule is c1ccc(-c2ccc(N(c3ccccc3)c3ccc4oc5cc(-c6ccc7c(c6)C6Sc8ccccc8C6C7(c6ccccc6)c6ccccc6)ccc5c4c3)cc2)cc1. The number of thioether (sulfide) groups is 1. The predicted molar refractivity (Wildman–Crippen MR) is 250 cm³/mol. The average molecular weight is 786 g/mol. The molecule has 284 valence electrons. The average Bonchev–Trinajstić information content (AvgIpc) is 3.98. The van der Waals surface area contributed by atoms with Gasteiger partial charge in [0.2, 0.25) is 0 Å². The van der Waals surface area contributed by atoms with Gasteiger partial charge < -0.3 is 9.32 Å². The number of fused-ring (bicyclic) bond motifs is 8. The second kappa shape index (κ2) is 14.0. The first-order valence-corrected chi connectivity index (χ1v) is 21.6. The number of para-hydroxylation sites is 1. The van der Waals surface area contributed by atoms with Crippen LogP contribution in [0.2, 0.25) is 0 Å². The van der Waals surface area contributed by atoms with Gasteiger partial charge in [0, 0.05) is 43.9 Å². The molecule has 0 saturated heterocycles. The van der Waals surface area contributed by atoms with Crippen LogP contribution >= 0.6 is 11.8 Å². The third kappa shape index (κ3) is 5.43. The lowest BCUT2D eigenvalue weighted by atomic mass is 9.63. The largest absolute Gasteiger partial charge is 0.456 e. The minimum atomic E-state index is -0.321. The number of benzene rings is 9. The summed E-state index contributed by atoms with van der Waals surface area (Å²) in [5, 5.41) is 2.50. The third-order valence-corrected chi connectivity index (χ3v) is 14.2. The van der Waals surface area contributed by atoms with E-state index in [1.807, 2.05) is 11.8 Å². The van der Waals surface area contributed by atoms with Crippen molar-refractivity contribution >= 4 is 50.8 Å². The van der Waals surface area contributed by atoms with Crippen LogP contribution in [0.1, 0.15) is 39.0 Å². The molecule has 0 radical (unpaired) electrons. The highest BCUT2D eigenvalue weighted by atomic mass is 32.2. The highest BCUT2D eigenvalue weighted by Gasteiger charge is 2.58. The Bertz CT molecular complexity index is 3140. The van der Waals surface area contributed by atoms with Crippen LogP contribution in [-0.2, 0) is 5.41 Å². The summed E-state index contributed by atoms with van der Waals surface area (Å²) in [6.07, 6.45) is 0. The fourth-order valence-electron chi connectivity index (χ4n) is 10.2. The van der Waals surface area contributed by atoms with Crippen LogP contribution in [-0.4, -0.2) is 0 Å². The van der Waals surface area contributed by atoms with Gasteiger partial charge in [-0.3, -0.25) is 0 Å². The van der Waals surface area contributed by atoms with E-state index >= 15 is 0 Å². The molecule has 0 bridgehead atoms. The van der Waals surface area contributed by atoms with Crippen molar-refractivity contribution in [3.8, 4) is 22.3 Å². The van der Waals surface area contributed by atoms with Gasteiger partial charge in [-0.25, -0.2) is 0 Å². The summed E-state index contributed by atoms with van der Waals surface area (Å²) in [4.78, 5) is 3.71. The van der Waals surface area contributed by atoms with Crippen LogP contribution in [0.4, 0.5) is 17.1 Å². The number of hydrogen-bond acceptors (Lipinski definition) is 3. The van der Waals surface area contributed by atoms with Crippen molar-refractivity contribution in [2.45, 2.75) is 21.5 Å². The molecule has 2 aliphatic rings. The van der Waals surface area contributed by atoms with Crippen molar-refractivity contribution in [1.82, 2.24) is 0 Å². The number of anilines is 3. The Balaban J connectivity index is 0.957. The monoisotopic (exact) mass is 785 g/mol. The molecule has 3 heteroatoms. The van der Waals surface area contributed by atoms with E-state index in [4.69, 9.17) is 4.42 Å². The lowest BCUT2D eigenvalue weighted by molar-refractivity contribution is 0.518. The van der Waals surface area contributed by atoms with Gasteiger partial charge in [0.15, 0.2) is 0 Å². The summed E-state index contributed by atoms with van der Waals surface area (Å²) in [5.41, 5.74) is 16.4. The van der Waals surface area contributed by atoms with Crippen LogP contribution in [0.25, 0.3) is 44.2 Å². The van der Waals surface area contributed by atoms with Gasteiger partial charge in [-0.1, -0.05) is 158 Å². The van der Waals surface area contributed by atoms with E-state index in [2.05, 4.69) is 229 Å². The molecule has 0 fully saturated rings. The molecule has 0 saturated carbocycles. The van der Waals surface area contributed by atoms with Crippen LogP contribution in [0.5, 0.6) is 0 Å². The molecule has 0 N–H and O–H groups in total. The lowest BCUT2D eigenvalue weighted by Gasteiger charge is -2.38. The fraction of sp³-hybridized carbons (Fsp3) is 0.0526. The van der Waals surface area contributed by atoms with E-state index in [0.717, 1.165) is 44.6 Å². The van der Waals surface area contributed by atoms with Crippen molar-refractivity contribution in [3.05, 3.63) is 252 Å². The summed E-state index contributed by atoms with van der Waals surface area (Å²) < 4.78 is 6.66. The van der Waals surface area contributed by atoms with E-state index < -0.39 is 0 Å². The van der Waals surface area contributed by atoms with Crippen molar-refractivity contribution < 1.29 is 4.42 Å². The van der Waals surface area contributed by atoms with E-state index in [0.29, 0.717) is 0 Å². The Morgan fingerprint density at radius 3 is 1.70 bits per heavy atom. The number of rotatable bonds is 7. The Labute approximate surface area is 354 Å². The molecular weight excluding hydrogens is 747 g/mol. The molecule has 2 nitrogen and oxygen atoms in total. The smallest absolute Gasteiger partial charge is 0.136 e. The molecule has 0 spiro atoms. The Kier molecular flexibility index (Phi) is 8.18. The second-order valence-corrected chi connectivity index (χ2v) is 17.2. The molecule has 0 amide bonds. The maximum absolute atomic E-state index is 6.66. The zero-order chi connectivity index (χ0) is 39.6. The minimum Gasteiger partial charge on any atom is -0.456 e. The first kappa shape index (κ1) is 34.9. The van der Waals surface area contributed by atoms with Gasteiger partial charge in [0.25, 0.3) is 0 Å². The molecule has 60 heavy (non-hydrogen) atoms. The Morgan fingerprint density at radius 2 is 0.967 bits per heavy atom. The molecule has 12 rings (SSSR count). The van der Waals surface area contributed by atoms with Crippen LogP contribution in [0, 0.1) is 0 Å². The van der Waals surface area contributed by atoms with Crippen LogP contribution < -0.4 is 4.90 Å². The van der Waals surface area contributed by atoms with E-state index in [1.54, 1.807) is 0 Å². The topological polar surface area (TPSA) is 16.4 Å². The van der Waals surface area contributed by atoms with Crippen LogP contribution in [0.3, 0.4) is 0 Å². The van der Waals surface area contributed by atoms with E-state index in [1.165, 1.54) is 49.4 Å². The van der Waals surface area contributed by atoms with Crippen molar-refractivity contribution in [2.24, 2.45) is 0 Å². The fourth-order valence-corrected chi connectivity index (χ4v) is 11.8. The molecule has 10 aromatic rings. The van der Waals surface area contributed by atoms with Gasteiger partial charge in [0.1, 0.15) is 11.2 Å². The lowest BCUT2D eigenvalue weighted by Crippen LogP contribution is -2.33. The molecular formula is C57H39NOS. The maximum Gasteiger partial charge on any atom is 0.136 e. The summed E-state index contributed by atoms with van der Waals surface area (Å²) in [6.45, 7) is 0. The zero-order valence-corrected chi connectivity index (χ0v) is 33.6. The number of hydrogen-bond donors (Lipinski definition) is 0. The normalized spacial score (nSPS) is 16.1. The zero-order valence-electron chi connectivity index (χ0n) is 32.8. The molecule has 1 aromatic heterocycles.